The van der Waals surface area contributed by atoms with Crippen LogP contribution in [0.5, 0.6) is 0 Å². The Morgan fingerprint density at radius 1 is 0.964 bits per heavy atom. The van der Waals surface area contributed by atoms with Gasteiger partial charge in [0.1, 0.15) is 0 Å². The number of amides is 1. The average molecular weight is 378 g/mol. The third-order valence-corrected chi connectivity index (χ3v) is 6.05. The molecule has 1 saturated carbocycles. The minimum Gasteiger partial charge on any atom is -0.478 e. The fourth-order valence-corrected chi connectivity index (χ4v) is 4.05. The first-order valence-corrected chi connectivity index (χ1v) is 10.1. The molecule has 5 heteroatoms. The number of carbonyl (C=O) groups is 2. The average Bonchev–Trinajstić information content (AvgIpc) is 2.87. The summed E-state index contributed by atoms with van der Waals surface area (Å²) in [6.07, 6.45) is 6.08. The van der Waals surface area contributed by atoms with Gasteiger partial charge in [-0.25, -0.2) is 4.79 Å². The lowest BCUT2D eigenvalue weighted by atomic mass is 9.91. The molecule has 0 aromatic heterocycles. The fourth-order valence-electron chi connectivity index (χ4n) is 4.05. The summed E-state index contributed by atoms with van der Waals surface area (Å²) < 4.78 is 0. The Hall–Kier alpha value is -2.66. The minimum atomic E-state index is -0.948. The summed E-state index contributed by atoms with van der Waals surface area (Å²) in [5, 5.41) is 11.9. The zero-order valence-corrected chi connectivity index (χ0v) is 16.0. The first-order chi connectivity index (χ1) is 13.6. The lowest BCUT2D eigenvalue weighted by molar-refractivity contribution is 0.0696. The number of aromatic carboxylic acids is 1. The summed E-state index contributed by atoms with van der Waals surface area (Å²) in [6, 6.07) is 13.4. The van der Waals surface area contributed by atoms with E-state index in [1.165, 1.54) is 30.4 Å². The quantitative estimate of drug-likeness (QED) is 0.838. The van der Waals surface area contributed by atoms with Crippen LogP contribution in [-0.2, 0) is 19.4 Å². The van der Waals surface area contributed by atoms with Crippen molar-refractivity contribution >= 4 is 11.9 Å². The Morgan fingerprint density at radius 2 is 1.64 bits per heavy atom. The summed E-state index contributed by atoms with van der Waals surface area (Å²) in [4.78, 5) is 26.1. The molecule has 0 spiro atoms. The van der Waals surface area contributed by atoms with Gasteiger partial charge < -0.3 is 10.4 Å². The van der Waals surface area contributed by atoms with E-state index in [0.717, 1.165) is 37.5 Å². The smallest absolute Gasteiger partial charge is 0.335 e. The molecule has 0 saturated heterocycles. The van der Waals surface area contributed by atoms with Crippen LogP contribution in [0, 0.1) is 0 Å². The van der Waals surface area contributed by atoms with Crippen LogP contribution in [0.3, 0.4) is 0 Å². The van der Waals surface area contributed by atoms with Gasteiger partial charge in [0, 0.05) is 31.2 Å². The molecule has 0 unspecified atom stereocenters. The van der Waals surface area contributed by atoms with Crippen molar-refractivity contribution in [3.63, 3.8) is 0 Å². The van der Waals surface area contributed by atoms with Crippen molar-refractivity contribution in [1.82, 2.24) is 10.2 Å². The molecule has 1 aliphatic carbocycles. The lowest BCUT2D eigenvalue weighted by Gasteiger charge is -2.36. The van der Waals surface area contributed by atoms with E-state index in [4.69, 9.17) is 5.11 Å². The predicted octanol–water partition coefficient (Wildman–Crippen LogP) is 3.27. The normalized spacial score (nSPS) is 17.3. The van der Waals surface area contributed by atoms with Crippen molar-refractivity contribution < 1.29 is 14.7 Å². The largest absolute Gasteiger partial charge is 0.478 e. The number of nitrogens with one attached hydrogen (secondary N) is 1. The van der Waals surface area contributed by atoms with Crippen LogP contribution in [0.1, 0.15) is 56.7 Å². The number of carboxylic acid groups (broad SMARTS) is 1. The van der Waals surface area contributed by atoms with E-state index in [1.54, 1.807) is 24.3 Å². The van der Waals surface area contributed by atoms with Crippen LogP contribution in [0.25, 0.3) is 0 Å². The molecule has 1 heterocycles. The summed E-state index contributed by atoms with van der Waals surface area (Å²) in [5.41, 5.74) is 4.47. The highest BCUT2D eigenvalue weighted by Crippen LogP contribution is 2.27. The number of benzene rings is 2. The van der Waals surface area contributed by atoms with E-state index in [-0.39, 0.29) is 11.5 Å². The zero-order chi connectivity index (χ0) is 19.5. The molecule has 2 aromatic carbocycles. The summed E-state index contributed by atoms with van der Waals surface area (Å²) >= 11 is 0. The van der Waals surface area contributed by atoms with Crippen molar-refractivity contribution in [2.24, 2.45) is 0 Å². The van der Waals surface area contributed by atoms with E-state index < -0.39 is 5.97 Å². The monoisotopic (exact) mass is 378 g/mol. The Bertz CT molecular complexity index is 872. The topological polar surface area (TPSA) is 69.6 Å². The second kappa shape index (κ2) is 8.15. The van der Waals surface area contributed by atoms with Crippen molar-refractivity contribution in [3.8, 4) is 0 Å². The molecule has 1 fully saturated rings. The molecule has 2 N–H and O–H groups in total. The predicted molar refractivity (Wildman–Crippen MR) is 108 cm³/mol. The molecule has 5 nitrogen and oxygen atoms in total. The highest BCUT2D eigenvalue weighted by molar-refractivity contribution is 5.94. The van der Waals surface area contributed by atoms with E-state index in [2.05, 4.69) is 16.3 Å². The standard InChI is InChI=1S/C23H26N2O3/c26-22(24-15-16-4-6-18(7-5-16)23(27)28)20-9-8-17-10-12-25(21-2-1-3-21)13-11-19(17)14-20/h4-9,14,21H,1-3,10-13,15H2,(H,24,26)(H,27,28). The number of nitrogens with zero attached hydrogens (tertiary/aromatic N) is 1. The number of hydrogen-bond acceptors (Lipinski definition) is 3. The molecule has 1 aliphatic heterocycles. The second-order valence-corrected chi connectivity index (χ2v) is 7.79. The molecule has 28 heavy (non-hydrogen) atoms. The first-order valence-electron chi connectivity index (χ1n) is 10.1. The van der Waals surface area contributed by atoms with Gasteiger partial charge in [0.2, 0.25) is 0 Å². The maximum Gasteiger partial charge on any atom is 0.335 e. The first kappa shape index (κ1) is 18.7. The summed E-state index contributed by atoms with van der Waals surface area (Å²) in [5.74, 6) is -1.04. The minimum absolute atomic E-state index is 0.0924. The SMILES string of the molecule is O=C(O)c1ccc(CNC(=O)c2ccc3c(c2)CCN(C2CCC2)CC3)cc1. The van der Waals surface area contributed by atoms with E-state index in [9.17, 15) is 9.59 Å². The molecule has 0 bridgehead atoms. The maximum absolute atomic E-state index is 12.6. The Balaban J connectivity index is 1.37. The van der Waals surface area contributed by atoms with Crippen molar-refractivity contribution in [2.75, 3.05) is 13.1 Å². The van der Waals surface area contributed by atoms with Gasteiger partial charge in [-0.05, 0) is 66.6 Å². The van der Waals surface area contributed by atoms with Gasteiger partial charge in [-0.3, -0.25) is 9.69 Å². The third-order valence-electron chi connectivity index (χ3n) is 6.05. The van der Waals surface area contributed by atoms with Gasteiger partial charge in [0.05, 0.1) is 5.56 Å². The van der Waals surface area contributed by atoms with Crippen molar-refractivity contribution in [2.45, 2.75) is 44.7 Å². The molecule has 0 atom stereocenters. The van der Waals surface area contributed by atoms with Gasteiger partial charge in [-0.15, -0.1) is 0 Å². The summed E-state index contributed by atoms with van der Waals surface area (Å²) in [7, 11) is 0. The van der Waals surface area contributed by atoms with Crippen LogP contribution in [0.15, 0.2) is 42.5 Å². The molecule has 0 radical (unpaired) electrons. The fraction of sp³-hybridized carbons (Fsp3) is 0.391. The van der Waals surface area contributed by atoms with Crippen molar-refractivity contribution in [3.05, 3.63) is 70.3 Å². The van der Waals surface area contributed by atoms with E-state index >= 15 is 0 Å². The molecular formula is C23H26N2O3. The number of carboxylic acids is 1. The van der Waals surface area contributed by atoms with Gasteiger partial charge >= 0.3 is 5.97 Å². The molecule has 4 rings (SSSR count). The van der Waals surface area contributed by atoms with Crippen LogP contribution < -0.4 is 5.32 Å². The van der Waals surface area contributed by atoms with Crippen LogP contribution in [-0.4, -0.2) is 41.0 Å². The Morgan fingerprint density at radius 3 is 2.29 bits per heavy atom. The molecular weight excluding hydrogens is 352 g/mol. The highest BCUT2D eigenvalue weighted by Gasteiger charge is 2.26. The van der Waals surface area contributed by atoms with E-state index in [0.29, 0.717) is 12.1 Å². The maximum atomic E-state index is 12.6. The van der Waals surface area contributed by atoms with Crippen molar-refractivity contribution in [1.29, 1.82) is 0 Å². The highest BCUT2D eigenvalue weighted by atomic mass is 16.4. The van der Waals surface area contributed by atoms with Crippen LogP contribution in [0.4, 0.5) is 0 Å². The Labute approximate surface area is 165 Å². The number of hydrogen-bond donors (Lipinski definition) is 2. The zero-order valence-electron chi connectivity index (χ0n) is 16.0. The molecule has 1 amide bonds. The van der Waals surface area contributed by atoms with E-state index in [1.807, 2.05) is 12.1 Å². The van der Waals surface area contributed by atoms with Gasteiger partial charge in [-0.1, -0.05) is 24.6 Å². The Kier molecular flexibility index (Phi) is 5.44. The van der Waals surface area contributed by atoms with Gasteiger partial charge in [0.25, 0.3) is 5.91 Å². The molecule has 146 valence electrons. The van der Waals surface area contributed by atoms with Crippen LogP contribution in [0.2, 0.25) is 0 Å². The third kappa shape index (κ3) is 4.09. The van der Waals surface area contributed by atoms with Gasteiger partial charge in [0.15, 0.2) is 0 Å². The van der Waals surface area contributed by atoms with Crippen LogP contribution >= 0.6 is 0 Å². The molecule has 2 aliphatic rings. The molecule has 2 aromatic rings. The number of fused-ring (bicyclic) bond motifs is 1. The number of carbonyl (C=O) groups excluding carboxylic acids is 1. The summed E-state index contributed by atoms with van der Waals surface area (Å²) in [6.45, 7) is 2.58. The number of rotatable bonds is 5. The lowest BCUT2D eigenvalue weighted by Crippen LogP contribution is -2.41. The second-order valence-electron chi connectivity index (χ2n) is 7.79. The van der Waals surface area contributed by atoms with Gasteiger partial charge in [-0.2, -0.15) is 0 Å².